The monoisotopic (exact) mass is 128 g/mol. The van der Waals surface area contributed by atoms with Crippen LogP contribution in [0.25, 0.3) is 0 Å². The highest BCUT2D eigenvalue weighted by atomic mass is 16.3. The zero-order chi connectivity index (χ0) is 7.02. The van der Waals surface area contributed by atoms with Crippen LogP contribution in [-0.4, -0.2) is 17.0 Å². The van der Waals surface area contributed by atoms with Crippen molar-refractivity contribution in [2.45, 2.75) is 26.4 Å². The van der Waals surface area contributed by atoms with Gasteiger partial charge in [-0.1, -0.05) is 13.8 Å². The van der Waals surface area contributed by atoms with Gasteiger partial charge in [-0.15, -0.1) is 0 Å². The fourth-order valence-corrected chi connectivity index (χ4v) is 1.23. The summed E-state index contributed by atoms with van der Waals surface area (Å²) in [4.78, 5) is 10.7. The molecular weight excluding hydrogens is 116 g/mol. The van der Waals surface area contributed by atoms with Gasteiger partial charge in [0.2, 0.25) is 0 Å². The predicted molar refractivity (Wildman–Crippen MR) is 34.0 cm³/mol. The molecule has 0 aromatic carbocycles. The molecule has 3 unspecified atom stereocenters. The lowest BCUT2D eigenvalue weighted by atomic mass is 10.00. The summed E-state index contributed by atoms with van der Waals surface area (Å²) in [5, 5.41) is 9.09. The van der Waals surface area contributed by atoms with Crippen molar-refractivity contribution in [3.8, 4) is 0 Å². The maximum atomic E-state index is 10.7. The Kier molecular flexibility index (Phi) is 1.58. The molecule has 0 aromatic rings. The summed E-state index contributed by atoms with van der Waals surface area (Å²) in [5.74, 6) is 0.542. The summed E-state index contributed by atoms with van der Waals surface area (Å²) in [5.41, 5.74) is 0. The SMILES string of the molecule is CC1CC(=O)C(O)C1C. The van der Waals surface area contributed by atoms with E-state index in [9.17, 15) is 4.79 Å². The number of aliphatic hydroxyl groups is 1. The molecule has 0 aromatic heterocycles. The van der Waals surface area contributed by atoms with E-state index in [0.29, 0.717) is 12.3 Å². The highest BCUT2D eigenvalue weighted by molar-refractivity contribution is 5.85. The molecule has 0 bridgehead atoms. The number of Topliss-reactive ketones (excluding diaryl/α,β-unsaturated/α-hetero) is 1. The maximum absolute atomic E-state index is 10.7. The van der Waals surface area contributed by atoms with E-state index in [0.717, 1.165) is 0 Å². The molecule has 3 atom stereocenters. The Morgan fingerprint density at radius 2 is 2.11 bits per heavy atom. The van der Waals surface area contributed by atoms with Crippen LogP contribution in [0, 0.1) is 11.8 Å². The zero-order valence-electron chi connectivity index (χ0n) is 5.79. The van der Waals surface area contributed by atoms with Gasteiger partial charge in [-0.05, 0) is 11.8 Å². The molecule has 0 aliphatic heterocycles. The Bertz CT molecular complexity index is 131. The van der Waals surface area contributed by atoms with Gasteiger partial charge in [0.25, 0.3) is 0 Å². The van der Waals surface area contributed by atoms with Gasteiger partial charge in [-0.3, -0.25) is 4.79 Å². The van der Waals surface area contributed by atoms with Crippen molar-refractivity contribution >= 4 is 5.78 Å². The largest absolute Gasteiger partial charge is 0.385 e. The highest BCUT2D eigenvalue weighted by Crippen LogP contribution is 2.27. The lowest BCUT2D eigenvalue weighted by Gasteiger charge is -2.09. The van der Waals surface area contributed by atoms with Crippen LogP contribution in [0.5, 0.6) is 0 Å². The van der Waals surface area contributed by atoms with Crippen molar-refractivity contribution in [1.29, 1.82) is 0 Å². The van der Waals surface area contributed by atoms with Crippen LogP contribution in [0.1, 0.15) is 20.3 Å². The first-order valence-electron chi connectivity index (χ1n) is 3.33. The minimum absolute atomic E-state index is 0.00926. The summed E-state index contributed by atoms with van der Waals surface area (Å²) in [6, 6.07) is 0. The average Bonchev–Trinajstić information content (AvgIpc) is 1.98. The minimum atomic E-state index is -0.681. The second-order valence-corrected chi connectivity index (χ2v) is 2.95. The molecule has 1 saturated carbocycles. The van der Waals surface area contributed by atoms with Crippen LogP contribution in [-0.2, 0) is 4.79 Å². The van der Waals surface area contributed by atoms with Gasteiger partial charge in [0.05, 0.1) is 0 Å². The summed E-state index contributed by atoms with van der Waals surface area (Å²) >= 11 is 0. The molecule has 9 heavy (non-hydrogen) atoms. The topological polar surface area (TPSA) is 37.3 Å². The fraction of sp³-hybridized carbons (Fsp3) is 0.857. The van der Waals surface area contributed by atoms with E-state index < -0.39 is 6.10 Å². The first-order chi connectivity index (χ1) is 4.13. The second-order valence-electron chi connectivity index (χ2n) is 2.95. The first-order valence-corrected chi connectivity index (χ1v) is 3.33. The molecule has 0 radical (unpaired) electrons. The number of carbonyl (C=O) groups is 1. The van der Waals surface area contributed by atoms with Crippen LogP contribution in [0.15, 0.2) is 0 Å². The van der Waals surface area contributed by atoms with Crippen molar-refractivity contribution in [3.05, 3.63) is 0 Å². The van der Waals surface area contributed by atoms with Crippen LogP contribution in [0.4, 0.5) is 0 Å². The third-order valence-electron chi connectivity index (χ3n) is 2.25. The summed E-state index contributed by atoms with van der Waals surface area (Å²) < 4.78 is 0. The summed E-state index contributed by atoms with van der Waals surface area (Å²) in [7, 11) is 0. The number of aliphatic hydroxyl groups excluding tert-OH is 1. The van der Waals surface area contributed by atoms with Crippen molar-refractivity contribution in [2.24, 2.45) is 11.8 Å². The van der Waals surface area contributed by atoms with E-state index in [1.54, 1.807) is 0 Å². The molecule has 0 spiro atoms. The number of hydrogen-bond acceptors (Lipinski definition) is 2. The molecule has 0 saturated heterocycles. The third-order valence-corrected chi connectivity index (χ3v) is 2.25. The molecule has 1 N–H and O–H groups in total. The van der Waals surface area contributed by atoms with Crippen LogP contribution < -0.4 is 0 Å². The Labute approximate surface area is 54.9 Å². The van der Waals surface area contributed by atoms with Gasteiger partial charge in [-0.2, -0.15) is 0 Å². The molecule has 0 heterocycles. The molecule has 1 fully saturated rings. The molecule has 1 rings (SSSR count). The molecule has 1 aliphatic rings. The van der Waals surface area contributed by atoms with Gasteiger partial charge in [0.15, 0.2) is 5.78 Å². The van der Waals surface area contributed by atoms with Gasteiger partial charge in [-0.25, -0.2) is 0 Å². The molecular formula is C7H12O2. The minimum Gasteiger partial charge on any atom is -0.385 e. The van der Waals surface area contributed by atoms with Gasteiger partial charge in [0, 0.05) is 6.42 Å². The molecule has 2 heteroatoms. The Morgan fingerprint density at radius 1 is 1.56 bits per heavy atom. The normalized spacial score (nSPS) is 43.9. The van der Waals surface area contributed by atoms with Crippen molar-refractivity contribution in [2.75, 3.05) is 0 Å². The Morgan fingerprint density at radius 3 is 2.22 bits per heavy atom. The summed E-state index contributed by atoms with van der Waals surface area (Å²) in [6.07, 6.45) is -0.123. The average molecular weight is 128 g/mol. The zero-order valence-corrected chi connectivity index (χ0v) is 5.79. The van der Waals surface area contributed by atoms with Crippen molar-refractivity contribution in [3.63, 3.8) is 0 Å². The Hall–Kier alpha value is -0.370. The van der Waals surface area contributed by atoms with E-state index in [1.807, 2.05) is 13.8 Å². The van der Waals surface area contributed by atoms with Crippen molar-refractivity contribution in [1.82, 2.24) is 0 Å². The lowest BCUT2D eigenvalue weighted by Crippen LogP contribution is -2.19. The third kappa shape index (κ3) is 0.990. The lowest BCUT2D eigenvalue weighted by molar-refractivity contribution is -0.125. The Balaban J connectivity index is 2.65. The molecule has 52 valence electrons. The van der Waals surface area contributed by atoms with Gasteiger partial charge < -0.3 is 5.11 Å². The quantitative estimate of drug-likeness (QED) is 0.518. The van der Waals surface area contributed by atoms with Gasteiger partial charge in [0.1, 0.15) is 6.10 Å². The molecule has 2 nitrogen and oxygen atoms in total. The second kappa shape index (κ2) is 2.10. The number of hydrogen-bond donors (Lipinski definition) is 1. The van der Waals surface area contributed by atoms with E-state index in [4.69, 9.17) is 5.11 Å². The van der Waals surface area contributed by atoms with E-state index >= 15 is 0 Å². The molecule has 1 aliphatic carbocycles. The van der Waals surface area contributed by atoms with Crippen LogP contribution in [0.2, 0.25) is 0 Å². The van der Waals surface area contributed by atoms with E-state index in [1.165, 1.54) is 0 Å². The fourth-order valence-electron chi connectivity index (χ4n) is 1.23. The number of rotatable bonds is 0. The maximum Gasteiger partial charge on any atom is 0.161 e. The smallest absolute Gasteiger partial charge is 0.161 e. The highest BCUT2D eigenvalue weighted by Gasteiger charge is 2.35. The molecule has 0 amide bonds. The van der Waals surface area contributed by atoms with Crippen LogP contribution in [0.3, 0.4) is 0 Å². The first kappa shape index (κ1) is 6.75. The summed E-state index contributed by atoms with van der Waals surface area (Å²) in [6.45, 7) is 3.92. The number of ketones is 1. The van der Waals surface area contributed by atoms with E-state index in [2.05, 4.69) is 0 Å². The van der Waals surface area contributed by atoms with Crippen molar-refractivity contribution < 1.29 is 9.90 Å². The van der Waals surface area contributed by atoms with Crippen LogP contribution >= 0.6 is 0 Å². The van der Waals surface area contributed by atoms with E-state index in [-0.39, 0.29) is 11.7 Å². The number of carbonyl (C=O) groups excluding carboxylic acids is 1. The predicted octanol–water partition coefficient (Wildman–Crippen LogP) is 0.592. The standard InChI is InChI=1S/C7H12O2/c1-4-3-6(8)7(9)5(4)2/h4-5,7,9H,3H2,1-2H3. The van der Waals surface area contributed by atoms with Gasteiger partial charge >= 0.3 is 0 Å².